The first-order valence-corrected chi connectivity index (χ1v) is 10.9. The van der Waals surface area contributed by atoms with E-state index in [1.165, 1.54) is 5.56 Å². The van der Waals surface area contributed by atoms with Crippen LogP contribution >= 0.6 is 0 Å². The SMILES string of the molecule is CC1(C)CN(Cc2ccccc2)C/C(=C\c2ccc(C(=O)N3CCOCC3)cc2)C1=O. The normalized spacial score (nSPS) is 20.8. The molecule has 31 heavy (non-hydrogen) atoms. The molecule has 2 fully saturated rings. The molecule has 2 heterocycles. The van der Waals surface area contributed by atoms with E-state index in [0.29, 0.717) is 38.4 Å². The third kappa shape index (κ3) is 5.12. The van der Waals surface area contributed by atoms with Gasteiger partial charge in [0.2, 0.25) is 0 Å². The first-order valence-electron chi connectivity index (χ1n) is 10.9. The van der Waals surface area contributed by atoms with Gasteiger partial charge in [0.05, 0.1) is 13.2 Å². The number of carbonyl (C=O) groups is 2. The van der Waals surface area contributed by atoms with E-state index >= 15 is 0 Å². The van der Waals surface area contributed by atoms with Crippen LogP contribution in [0.4, 0.5) is 0 Å². The van der Waals surface area contributed by atoms with Gasteiger partial charge in [-0.3, -0.25) is 14.5 Å². The summed E-state index contributed by atoms with van der Waals surface area (Å²) in [6.45, 7) is 8.67. The monoisotopic (exact) mass is 418 g/mol. The predicted octanol–water partition coefficient (Wildman–Crippen LogP) is 3.65. The molecular formula is C26H30N2O3. The van der Waals surface area contributed by atoms with Gasteiger partial charge in [0, 0.05) is 49.3 Å². The number of hydrogen-bond acceptors (Lipinski definition) is 4. The maximum Gasteiger partial charge on any atom is 0.254 e. The molecule has 2 aromatic rings. The number of piperidine rings is 1. The Bertz CT molecular complexity index is 958. The number of nitrogens with zero attached hydrogens (tertiary/aromatic N) is 2. The lowest BCUT2D eigenvalue weighted by molar-refractivity contribution is -0.126. The Morgan fingerprint density at radius 2 is 1.71 bits per heavy atom. The Morgan fingerprint density at radius 1 is 1.03 bits per heavy atom. The van der Waals surface area contributed by atoms with Crippen molar-refractivity contribution in [1.29, 1.82) is 0 Å². The highest BCUT2D eigenvalue weighted by Crippen LogP contribution is 2.30. The molecule has 0 saturated carbocycles. The fourth-order valence-corrected chi connectivity index (χ4v) is 4.37. The minimum Gasteiger partial charge on any atom is -0.378 e. The number of morpholine rings is 1. The highest BCUT2D eigenvalue weighted by atomic mass is 16.5. The molecule has 0 atom stereocenters. The average molecular weight is 419 g/mol. The number of benzene rings is 2. The Morgan fingerprint density at radius 3 is 2.39 bits per heavy atom. The van der Waals surface area contributed by atoms with Gasteiger partial charge >= 0.3 is 0 Å². The van der Waals surface area contributed by atoms with E-state index in [4.69, 9.17) is 4.74 Å². The van der Waals surface area contributed by atoms with E-state index in [1.54, 1.807) is 0 Å². The fraction of sp³-hybridized carbons (Fsp3) is 0.385. The van der Waals surface area contributed by atoms with Crippen LogP contribution in [0.25, 0.3) is 6.08 Å². The van der Waals surface area contributed by atoms with Gasteiger partial charge in [0.25, 0.3) is 5.91 Å². The largest absolute Gasteiger partial charge is 0.378 e. The summed E-state index contributed by atoms with van der Waals surface area (Å²) < 4.78 is 5.32. The Hall–Kier alpha value is -2.76. The molecule has 0 aliphatic carbocycles. The minimum atomic E-state index is -0.425. The van der Waals surface area contributed by atoms with Gasteiger partial charge in [0.1, 0.15) is 0 Å². The summed E-state index contributed by atoms with van der Waals surface area (Å²) in [5, 5.41) is 0. The molecule has 0 unspecified atom stereocenters. The van der Waals surface area contributed by atoms with Crippen LogP contribution in [0, 0.1) is 5.41 Å². The molecule has 2 aliphatic rings. The van der Waals surface area contributed by atoms with Crippen LogP contribution in [0.3, 0.4) is 0 Å². The number of hydrogen-bond donors (Lipinski definition) is 0. The first-order chi connectivity index (χ1) is 14.9. The van der Waals surface area contributed by atoms with Gasteiger partial charge in [-0.05, 0) is 29.3 Å². The van der Waals surface area contributed by atoms with E-state index in [9.17, 15) is 9.59 Å². The number of rotatable bonds is 4. The van der Waals surface area contributed by atoms with Gasteiger partial charge in [-0.25, -0.2) is 0 Å². The highest BCUT2D eigenvalue weighted by molar-refractivity contribution is 6.04. The Labute approximate surface area is 184 Å². The standard InChI is InChI=1S/C26H30N2O3/c1-26(2)19-27(17-21-6-4-3-5-7-21)18-23(24(26)29)16-20-8-10-22(11-9-20)25(30)28-12-14-31-15-13-28/h3-11,16H,12-15,17-19H2,1-2H3/b23-16+. The molecular weight excluding hydrogens is 388 g/mol. The first kappa shape index (κ1) is 21.5. The molecule has 0 radical (unpaired) electrons. The summed E-state index contributed by atoms with van der Waals surface area (Å²) in [7, 11) is 0. The van der Waals surface area contributed by atoms with Crippen molar-refractivity contribution in [1.82, 2.24) is 9.80 Å². The second-order valence-corrected chi connectivity index (χ2v) is 9.04. The van der Waals surface area contributed by atoms with Crippen molar-refractivity contribution in [3.05, 3.63) is 76.9 Å². The Balaban J connectivity index is 1.50. The van der Waals surface area contributed by atoms with Crippen molar-refractivity contribution in [2.75, 3.05) is 39.4 Å². The molecule has 0 aromatic heterocycles. The van der Waals surface area contributed by atoms with Crippen LogP contribution in [0.1, 0.15) is 35.3 Å². The van der Waals surface area contributed by atoms with Gasteiger partial charge in [0.15, 0.2) is 5.78 Å². The minimum absolute atomic E-state index is 0.0337. The van der Waals surface area contributed by atoms with Crippen molar-refractivity contribution >= 4 is 17.8 Å². The number of ether oxygens (including phenoxy) is 1. The number of amides is 1. The second-order valence-electron chi connectivity index (χ2n) is 9.04. The van der Waals surface area contributed by atoms with Crippen LogP contribution in [-0.2, 0) is 16.1 Å². The third-order valence-corrected chi connectivity index (χ3v) is 5.97. The van der Waals surface area contributed by atoms with E-state index in [0.717, 1.165) is 24.2 Å². The molecule has 0 spiro atoms. The molecule has 5 nitrogen and oxygen atoms in total. The summed E-state index contributed by atoms with van der Waals surface area (Å²) >= 11 is 0. The maximum absolute atomic E-state index is 13.1. The molecule has 5 heteroatoms. The molecule has 0 N–H and O–H groups in total. The fourth-order valence-electron chi connectivity index (χ4n) is 4.37. The topological polar surface area (TPSA) is 49.9 Å². The molecule has 2 saturated heterocycles. The predicted molar refractivity (Wildman–Crippen MR) is 122 cm³/mol. The van der Waals surface area contributed by atoms with Crippen molar-refractivity contribution < 1.29 is 14.3 Å². The van der Waals surface area contributed by atoms with E-state index in [-0.39, 0.29) is 11.7 Å². The third-order valence-electron chi connectivity index (χ3n) is 5.97. The lowest BCUT2D eigenvalue weighted by Crippen LogP contribution is -2.47. The lowest BCUT2D eigenvalue weighted by Gasteiger charge is -2.38. The lowest BCUT2D eigenvalue weighted by atomic mass is 9.79. The smallest absolute Gasteiger partial charge is 0.254 e. The molecule has 0 bridgehead atoms. The molecule has 4 rings (SSSR count). The zero-order valence-electron chi connectivity index (χ0n) is 18.3. The van der Waals surface area contributed by atoms with E-state index in [1.807, 2.05) is 67.3 Å². The number of Topliss-reactive ketones (excluding diaryl/α,β-unsaturated/α-hetero) is 1. The molecule has 162 valence electrons. The summed E-state index contributed by atoms with van der Waals surface area (Å²) in [6.07, 6.45) is 1.98. The van der Waals surface area contributed by atoms with E-state index < -0.39 is 5.41 Å². The van der Waals surface area contributed by atoms with Crippen LogP contribution < -0.4 is 0 Å². The second kappa shape index (κ2) is 9.16. The summed E-state index contributed by atoms with van der Waals surface area (Å²) in [6, 6.07) is 17.9. The molecule has 1 amide bonds. The van der Waals surface area contributed by atoms with Crippen molar-refractivity contribution in [2.24, 2.45) is 5.41 Å². The summed E-state index contributed by atoms with van der Waals surface area (Å²) in [4.78, 5) is 29.9. The summed E-state index contributed by atoms with van der Waals surface area (Å²) in [5.41, 5.74) is 3.26. The van der Waals surface area contributed by atoms with Crippen molar-refractivity contribution in [2.45, 2.75) is 20.4 Å². The number of carbonyl (C=O) groups excluding carboxylic acids is 2. The van der Waals surface area contributed by atoms with Gasteiger partial charge in [-0.2, -0.15) is 0 Å². The van der Waals surface area contributed by atoms with E-state index in [2.05, 4.69) is 17.0 Å². The van der Waals surface area contributed by atoms with Gasteiger partial charge in [-0.1, -0.05) is 56.3 Å². The quantitative estimate of drug-likeness (QED) is 0.711. The van der Waals surface area contributed by atoms with Gasteiger partial charge < -0.3 is 9.64 Å². The zero-order chi connectivity index (χ0) is 21.8. The maximum atomic E-state index is 13.1. The highest BCUT2D eigenvalue weighted by Gasteiger charge is 2.37. The van der Waals surface area contributed by atoms with Crippen molar-refractivity contribution in [3.63, 3.8) is 0 Å². The number of likely N-dealkylation sites (tertiary alicyclic amines) is 1. The zero-order valence-corrected chi connectivity index (χ0v) is 18.3. The molecule has 2 aliphatic heterocycles. The number of ketones is 1. The van der Waals surface area contributed by atoms with Gasteiger partial charge in [-0.15, -0.1) is 0 Å². The summed E-state index contributed by atoms with van der Waals surface area (Å²) in [5.74, 6) is 0.233. The Kier molecular flexibility index (Phi) is 6.35. The van der Waals surface area contributed by atoms with Crippen LogP contribution in [0.15, 0.2) is 60.2 Å². The van der Waals surface area contributed by atoms with Crippen LogP contribution in [-0.4, -0.2) is 60.9 Å². The van der Waals surface area contributed by atoms with Crippen LogP contribution in [0.5, 0.6) is 0 Å². The van der Waals surface area contributed by atoms with Crippen LogP contribution in [0.2, 0.25) is 0 Å². The molecule has 2 aromatic carbocycles. The van der Waals surface area contributed by atoms with Crippen molar-refractivity contribution in [3.8, 4) is 0 Å². The average Bonchev–Trinajstić information content (AvgIpc) is 2.78.